The molecule has 3 atom stereocenters. The largest absolute Gasteiger partial charge is 0.372 e. The Hall–Kier alpha value is -2.01. The van der Waals surface area contributed by atoms with Crippen LogP contribution < -0.4 is 4.90 Å². The third-order valence-corrected chi connectivity index (χ3v) is 6.68. The van der Waals surface area contributed by atoms with Crippen molar-refractivity contribution < 1.29 is 0 Å². The van der Waals surface area contributed by atoms with Crippen molar-refractivity contribution in [2.45, 2.75) is 45.0 Å². The minimum Gasteiger partial charge on any atom is -0.372 e. The van der Waals surface area contributed by atoms with Crippen LogP contribution in [0.1, 0.15) is 49.7 Å². The molecule has 0 bridgehead atoms. The Labute approximate surface area is 166 Å². The number of fused-ring (bicyclic) bond motifs is 1. The summed E-state index contributed by atoms with van der Waals surface area (Å²) in [6.45, 7) is 12.1. The second-order valence-electron chi connectivity index (χ2n) is 7.35. The molecule has 1 fully saturated rings. The van der Waals surface area contributed by atoms with Crippen molar-refractivity contribution in [2.75, 3.05) is 24.5 Å². The van der Waals surface area contributed by atoms with Crippen molar-refractivity contribution in [2.24, 2.45) is 4.99 Å². The molecule has 0 unspecified atom stereocenters. The lowest BCUT2D eigenvalue weighted by Gasteiger charge is -2.30. The summed E-state index contributed by atoms with van der Waals surface area (Å²) in [7, 11) is 0. The van der Waals surface area contributed by atoms with E-state index in [1.54, 1.807) is 0 Å². The Bertz CT molecular complexity index is 831. The number of nitrogens with zero attached hydrogens (tertiary/aromatic N) is 4. The van der Waals surface area contributed by atoms with Gasteiger partial charge in [0.1, 0.15) is 6.04 Å². The Kier molecular flexibility index (Phi) is 5.13. The van der Waals surface area contributed by atoms with E-state index in [2.05, 4.69) is 72.8 Å². The molecule has 1 aromatic carbocycles. The lowest BCUT2D eigenvalue weighted by Crippen LogP contribution is -2.29. The molecule has 0 N–H and O–H groups in total. The number of hydrogen-bond acceptors (Lipinski definition) is 5. The fourth-order valence-electron chi connectivity index (χ4n) is 4.23. The molecule has 3 heterocycles. The summed E-state index contributed by atoms with van der Waals surface area (Å²) in [6, 6.07) is 13.4. The zero-order valence-electron chi connectivity index (χ0n) is 16.6. The van der Waals surface area contributed by atoms with E-state index in [0.717, 1.165) is 25.3 Å². The lowest BCUT2D eigenvalue weighted by atomic mass is 9.92. The first-order valence-electron chi connectivity index (χ1n) is 9.89. The lowest BCUT2D eigenvalue weighted by molar-refractivity contribution is 0.320. The van der Waals surface area contributed by atoms with E-state index in [0.29, 0.717) is 5.25 Å². The second kappa shape index (κ2) is 7.55. The standard InChI is InChI=1S/C22H28N4S/c1-5-25(6-2)17-10-11-18(15(3)13-17)21-20(19-9-7-8-12-23-19)24-22-26(21)14-16(4)27-22/h7-13,16,20-21H,5-6,14H2,1-4H3/t16-,20-,21-/m1/s1. The van der Waals surface area contributed by atoms with Gasteiger partial charge in [-0.2, -0.15) is 0 Å². The van der Waals surface area contributed by atoms with Gasteiger partial charge in [-0.1, -0.05) is 30.8 Å². The van der Waals surface area contributed by atoms with Gasteiger partial charge < -0.3 is 9.80 Å². The third kappa shape index (κ3) is 3.33. The van der Waals surface area contributed by atoms with Gasteiger partial charge in [0, 0.05) is 36.8 Å². The number of anilines is 1. The molecular formula is C22H28N4S. The van der Waals surface area contributed by atoms with E-state index in [-0.39, 0.29) is 12.1 Å². The maximum absolute atomic E-state index is 5.09. The SMILES string of the molecule is CCN(CC)c1ccc([C@@H]2[C@@H](c3ccccn3)N=C3S[C@H](C)CN32)c(C)c1. The fraction of sp³-hybridized carbons (Fsp3) is 0.455. The summed E-state index contributed by atoms with van der Waals surface area (Å²) in [5, 5.41) is 1.77. The predicted molar refractivity (Wildman–Crippen MR) is 116 cm³/mol. The molecule has 1 saturated heterocycles. The Balaban J connectivity index is 1.74. The summed E-state index contributed by atoms with van der Waals surface area (Å²) >= 11 is 1.89. The summed E-state index contributed by atoms with van der Waals surface area (Å²) in [5.74, 6) is 0. The van der Waals surface area contributed by atoms with Crippen LogP contribution in [-0.2, 0) is 0 Å². The average Bonchev–Trinajstić information content (AvgIpc) is 3.20. The van der Waals surface area contributed by atoms with E-state index in [1.807, 2.05) is 24.0 Å². The van der Waals surface area contributed by atoms with Crippen molar-refractivity contribution in [3.8, 4) is 0 Å². The molecule has 5 heteroatoms. The number of thioether (sulfide) groups is 1. The molecular weight excluding hydrogens is 352 g/mol. The van der Waals surface area contributed by atoms with Crippen LogP contribution in [0.2, 0.25) is 0 Å². The molecule has 4 nitrogen and oxygen atoms in total. The molecule has 2 aliphatic rings. The van der Waals surface area contributed by atoms with Crippen molar-refractivity contribution in [3.63, 3.8) is 0 Å². The van der Waals surface area contributed by atoms with E-state index in [9.17, 15) is 0 Å². The number of benzene rings is 1. The van der Waals surface area contributed by atoms with Gasteiger partial charge in [0.05, 0.1) is 11.7 Å². The third-order valence-electron chi connectivity index (χ3n) is 5.58. The van der Waals surface area contributed by atoms with Gasteiger partial charge in [-0.05, 0) is 56.2 Å². The van der Waals surface area contributed by atoms with Crippen molar-refractivity contribution in [1.82, 2.24) is 9.88 Å². The van der Waals surface area contributed by atoms with Crippen LogP contribution in [0, 0.1) is 6.92 Å². The fourth-order valence-corrected chi connectivity index (χ4v) is 5.32. The average molecular weight is 381 g/mol. The van der Waals surface area contributed by atoms with E-state index >= 15 is 0 Å². The normalized spacial score (nSPS) is 24.1. The molecule has 4 rings (SSSR count). The van der Waals surface area contributed by atoms with Crippen LogP contribution in [0.15, 0.2) is 47.6 Å². The second-order valence-corrected chi connectivity index (χ2v) is 8.76. The van der Waals surface area contributed by atoms with Crippen molar-refractivity contribution >= 4 is 22.6 Å². The van der Waals surface area contributed by atoms with E-state index in [4.69, 9.17) is 4.99 Å². The first-order valence-corrected chi connectivity index (χ1v) is 10.8. The molecule has 0 amide bonds. The molecule has 0 radical (unpaired) electrons. The van der Waals surface area contributed by atoms with Gasteiger partial charge in [0.15, 0.2) is 5.17 Å². The quantitative estimate of drug-likeness (QED) is 0.744. The van der Waals surface area contributed by atoms with Crippen LogP contribution in [0.4, 0.5) is 5.69 Å². The minimum atomic E-state index is 0.0687. The highest BCUT2D eigenvalue weighted by Crippen LogP contribution is 2.48. The van der Waals surface area contributed by atoms with Crippen LogP contribution in [0.3, 0.4) is 0 Å². The molecule has 142 valence electrons. The summed E-state index contributed by atoms with van der Waals surface area (Å²) in [6.07, 6.45) is 1.88. The molecule has 0 spiro atoms. The van der Waals surface area contributed by atoms with Gasteiger partial charge in [0.25, 0.3) is 0 Å². The maximum atomic E-state index is 5.09. The Morgan fingerprint density at radius 2 is 2.00 bits per heavy atom. The molecule has 1 aromatic heterocycles. The van der Waals surface area contributed by atoms with Gasteiger partial charge in [-0.15, -0.1) is 0 Å². The van der Waals surface area contributed by atoms with Gasteiger partial charge >= 0.3 is 0 Å². The molecule has 0 saturated carbocycles. The molecule has 27 heavy (non-hydrogen) atoms. The molecule has 2 aromatic rings. The number of hydrogen-bond donors (Lipinski definition) is 0. The highest BCUT2D eigenvalue weighted by Gasteiger charge is 2.43. The first kappa shape index (κ1) is 18.4. The van der Waals surface area contributed by atoms with Crippen molar-refractivity contribution in [1.29, 1.82) is 0 Å². The number of rotatable bonds is 5. The highest BCUT2D eigenvalue weighted by atomic mass is 32.2. The minimum absolute atomic E-state index is 0.0687. The number of aromatic nitrogens is 1. The number of aliphatic imine (C=N–C) groups is 1. The highest BCUT2D eigenvalue weighted by molar-refractivity contribution is 8.14. The van der Waals surface area contributed by atoms with Crippen LogP contribution >= 0.6 is 11.8 Å². The van der Waals surface area contributed by atoms with Crippen LogP contribution in [-0.4, -0.2) is 39.9 Å². The number of pyridine rings is 1. The summed E-state index contributed by atoms with van der Waals surface area (Å²) < 4.78 is 0. The topological polar surface area (TPSA) is 31.7 Å². The summed E-state index contributed by atoms with van der Waals surface area (Å²) in [4.78, 5) is 14.6. The smallest absolute Gasteiger partial charge is 0.160 e. The predicted octanol–water partition coefficient (Wildman–Crippen LogP) is 4.83. The van der Waals surface area contributed by atoms with Crippen LogP contribution in [0.25, 0.3) is 0 Å². The Morgan fingerprint density at radius 1 is 1.19 bits per heavy atom. The molecule has 0 aliphatic carbocycles. The van der Waals surface area contributed by atoms with E-state index in [1.165, 1.54) is 22.0 Å². The van der Waals surface area contributed by atoms with Gasteiger partial charge in [-0.25, -0.2) is 0 Å². The number of amidine groups is 1. The zero-order valence-corrected chi connectivity index (χ0v) is 17.4. The number of aryl methyl sites for hydroxylation is 1. The van der Waals surface area contributed by atoms with Crippen LogP contribution in [0.5, 0.6) is 0 Å². The monoisotopic (exact) mass is 380 g/mol. The van der Waals surface area contributed by atoms with Gasteiger partial charge in [-0.3, -0.25) is 9.98 Å². The zero-order chi connectivity index (χ0) is 19.0. The molecule has 2 aliphatic heterocycles. The Morgan fingerprint density at radius 3 is 2.67 bits per heavy atom. The van der Waals surface area contributed by atoms with E-state index < -0.39 is 0 Å². The van der Waals surface area contributed by atoms with Gasteiger partial charge in [0.2, 0.25) is 0 Å². The first-order chi connectivity index (χ1) is 13.1. The summed E-state index contributed by atoms with van der Waals surface area (Å²) in [5.41, 5.74) is 5.07. The maximum Gasteiger partial charge on any atom is 0.160 e. The van der Waals surface area contributed by atoms with Crippen molar-refractivity contribution in [3.05, 3.63) is 59.4 Å².